The third-order valence-electron chi connectivity index (χ3n) is 3.91. The van der Waals surface area contributed by atoms with Crippen molar-refractivity contribution in [1.82, 2.24) is 4.90 Å². The fraction of sp³-hybridized carbons (Fsp3) is 0.500. The third kappa shape index (κ3) is 3.33. The van der Waals surface area contributed by atoms with Crippen molar-refractivity contribution in [1.29, 1.82) is 0 Å². The van der Waals surface area contributed by atoms with Gasteiger partial charge in [0.2, 0.25) is 0 Å². The van der Waals surface area contributed by atoms with Crippen LogP contribution in [0.5, 0.6) is 0 Å². The van der Waals surface area contributed by atoms with Crippen molar-refractivity contribution in [2.45, 2.75) is 26.3 Å². The minimum atomic E-state index is -0.482. The molecule has 2 N–H and O–H groups in total. The van der Waals surface area contributed by atoms with Gasteiger partial charge < -0.3 is 10.6 Å². The summed E-state index contributed by atoms with van der Waals surface area (Å²) in [5.74, 6) is 0.00154. The first-order valence-corrected chi connectivity index (χ1v) is 6.70. The molecule has 1 aromatic carbocycles. The molecule has 1 fully saturated rings. The third-order valence-corrected chi connectivity index (χ3v) is 3.91. The Morgan fingerprint density at radius 2 is 2.19 bits per heavy atom. The molecular weight excluding hydrogens is 294 g/mol. The van der Waals surface area contributed by atoms with Crippen LogP contribution in [0, 0.1) is 23.0 Å². The fourth-order valence-electron chi connectivity index (χ4n) is 2.82. The molecule has 1 amide bonds. The number of nitro benzene ring substituents is 1. The second kappa shape index (κ2) is 6.87. The molecular formula is C14H20ClN3O3. The van der Waals surface area contributed by atoms with Gasteiger partial charge in [-0.2, -0.15) is 0 Å². The number of carbonyl (C=O) groups excluding carboxylic acids is 1. The van der Waals surface area contributed by atoms with E-state index in [1.165, 1.54) is 6.07 Å². The standard InChI is InChI=1S/C14H19N3O3.ClH/c1-9-4-3-5-12(13(9)17(19)20)14(18)16-8-11(7-15)6-10(16)2;/h3-5,10-11H,6-8,15H2,1-2H3;1H. The molecule has 21 heavy (non-hydrogen) atoms. The minimum Gasteiger partial charge on any atom is -0.335 e. The number of aryl methyl sites for hydroxylation is 1. The van der Waals surface area contributed by atoms with Gasteiger partial charge in [-0.15, -0.1) is 12.4 Å². The topological polar surface area (TPSA) is 89.5 Å². The van der Waals surface area contributed by atoms with Crippen molar-refractivity contribution in [2.24, 2.45) is 11.7 Å². The summed E-state index contributed by atoms with van der Waals surface area (Å²) >= 11 is 0. The molecule has 2 atom stereocenters. The average molecular weight is 314 g/mol. The number of nitro groups is 1. The van der Waals surface area contributed by atoms with Crippen LogP contribution in [0.15, 0.2) is 18.2 Å². The van der Waals surface area contributed by atoms with Crippen LogP contribution in [-0.2, 0) is 0 Å². The van der Waals surface area contributed by atoms with Gasteiger partial charge in [-0.3, -0.25) is 14.9 Å². The van der Waals surface area contributed by atoms with Crippen LogP contribution in [0.1, 0.15) is 29.3 Å². The number of carbonyl (C=O) groups is 1. The van der Waals surface area contributed by atoms with E-state index >= 15 is 0 Å². The van der Waals surface area contributed by atoms with Crippen molar-refractivity contribution in [3.8, 4) is 0 Å². The van der Waals surface area contributed by atoms with E-state index in [0.717, 1.165) is 6.42 Å². The molecule has 1 aliphatic rings. The molecule has 7 heteroatoms. The Morgan fingerprint density at radius 1 is 1.52 bits per heavy atom. The molecule has 0 aliphatic carbocycles. The average Bonchev–Trinajstić information content (AvgIpc) is 2.78. The number of benzene rings is 1. The van der Waals surface area contributed by atoms with E-state index < -0.39 is 4.92 Å². The first-order valence-electron chi connectivity index (χ1n) is 6.70. The fourth-order valence-corrected chi connectivity index (χ4v) is 2.82. The molecule has 0 radical (unpaired) electrons. The van der Waals surface area contributed by atoms with Crippen LogP contribution in [0.4, 0.5) is 5.69 Å². The van der Waals surface area contributed by atoms with Crippen LogP contribution >= 0.6 is 12.4 Å². The van der Waals surface area contributed by atoms with E-state index in [1.807, 2.05) is 6.92 Å². The Kier molecular flexibility index (Phi) is 5.69. The normalized spacial score (nSPS) is 21.0. The first-order chi connectivity index (χ1) is 9.45. The lowest BCUT2D eigenvalue weighted by Gasteiger charge is -2.21. The summed E-state index contributed by atoms with van der Waals surface area (Å²) in [4.78, 5) is 25.0. The Morgan fingerprint density at radius 3 is 2.71 bits per heavy atom. The Balaban J connectivity index is 0.00000220. The number of amides is 1. The van der Waals surface area contributed by atoms with Crippen molar-refractivity contribution in [3.05, 3.63) is 39.4 Å². The molecule has 1 aliphatic heterocycles. The zero-order valence-corrected chi connectivity index (χ0v) is 12.9. The second-order valence-corrected chi connectivity index (χ2v) is 5.37. The van der Waals surface area contributed by atoms with E-state index in [9.17, 15) is 14.9 Å². The Labute approximate surface area is 129 Å². The zero-order valence-electron chi connectivity index (χ0n) is 12.1. The van der Waals surface area contributed by atoms with Crippen LogP contribution < -0.4 is 5.73 Å². The largest absolute Gasteiger partial charge is 0.335 e. The van der Waals surface area contributed by atoms with E-state index in [4.69, 9.17) is 5.73 Å². The summed E-state index contributed by atoms with van der Waals surface area (Å²) in [6.45, 7) is 4.70. The second-order valence-electron chi connectivity index (χ2n) is 5.37. The number of halogens is 1. The highest BCUT2D eigenvalue weighted by atomic mass is 35.5. The van der Waals surface area contributed by atoms with Gasteiger partial charge in [0.15, 0.2) is 0 Å². The Bertz CT molecular complexity index is 550. The van der Waals surface area contributed by atoms with Gasteiger partial charge in [-0.1, -0.05) is 12.1 Å². The summed E-state index contributed by atoms with van der Waals surface area (Å²) in [7, 11) is 0. The maximum atomic E-state index is 12.6. The van der Waals surface area contributed by atoms with Crippen molar-refractivity contribution in [2.75, 3.05) is 13.1 Å². The molecule has 116 valence electrons. The van der Waals surface area contributed by atoms with Gasteiger partial charge in [-0.05, 0) is 38.8 Å². The Hall–Kier alpha value is -1.66. The molecule has 1 aromatic rings. The number of nitrogens with zero attached hydrogens (tertiary/aromatic N) is 2. The van der Waals surface area contributed by atoms with Crippen LogP contribution in [0.3, 0.4) is 0 Å². The van der Waals surface area contributed by atoms with Gasteiger partial charge >= 0.3 is 0 Å². The van der Waals surface area contributed by atoms with Gasteiger partial charge in [0, 0.05) is 18.2 Å². The predicted molar refractivity (Wildman–Crippen MR) is 82.7 cm³/mol. The SMILES string of the molecule is Cc1cccc(C(=O)N2CC(CN)CC2C)c1[N+](=O)[O-].Cl. The number of likely N-dealkylation sites (tertiary alicyclic amines) is 1. The van der Waals surface area contributed by atoms with E-state index in [1.54, 1.807) is 24.0 Å². The van der Waals surface area contributed by atoms with Gasteiger partial charge in [0.05, 0.1) is 4.92 Å². The first kappa shape index (κ1) is 17.4. The summed E-state index contributed by atoms with van der Waals surface area (Å²) < 4.78 is 0. The molecule has 1 heterocycles. The lowest BCUT2D eigenvalue weighted by molar-refractivity contribution is -0.385. The monoisotopic (exact) mass is 313 g/mol. The van der Waals surface area contributed by atoms with Crippen molar-refractivity contribution >= 4 is 24.0 Å². The summed E-state index contributed by atoms with van der Waals surface area (Å²) in [5, 5.41) is 11.2. The van der Waals surface area contributed by atoms with Gasteiger partial charge in [-0.25, -0.2) is 0 Å². The van der Waals surface area contributed by atoms with Crippen LogP contribution in [0.25, 0.3) is 0 Å². The summed E-state index contributed by atoms with van der Waals surface area (Å²) in [6, 6.07) is 4.91. The molecule has 0 spiro atoms. The summed E-state index contributed by atoms with van der Waals surface area (Å²) in [5.41, 5.74) is 6.23. The molecule has 1 saturated heterocycles. The molecule has 0 aromatic heterocycles. The summed E-state index contributed by atoms with van der Waals surface area (Å²) in [6.07, 6.45) is 0.849. The van der Waals surface area contributed by atoms with Crippen LogP contribution in [-0.4, -0.2) is 34.9 Å². The highest BCUT2D eigenvalue weighted by molar-refractivity contribution is 5.99. The lowest BCUT2D eigenvalue weighted by Crippen LogP contribution is -2.34. The number of nitrogens with two attached hydrogens (primary N) is 1. The maximum Gasteiger partial charge on any atom is 0.285 e. The molecule has 6 nitrogen and oxygen atoms in total. The number of hydrogen-bond donors (Lipinski definition) is 1. The van der Waals surface area contributed by atoms with Crippen molar-refractivity contribution in [3.63, 3.8) is 0 Å². The van der Waals surface area contributed by atoms with E-state index in [0.29, 0.717) is 18.7 Å². The van der Waals surface area contributed by atoms with E-state index in [2.05, 4.69) is 0 Å². The smallest absolute Gasteiger partial charge is 0.285 e. The number of para-hydroxylation sites is 1. The number of hydrogen-bond acceptors (Lipinski definition) is 4. The predicted octanol–water partition coefficient (Wildman–Crippen LogP) is 2.13. The number of rotatable bonds is 3. The zero-order chi connectivity index (χ0) is 14.9. The quantitative estimate of drug-likeness (QED) is 0.683. The highest BCUT2D eigenvalue weighted by Crippen LogP contribution is 2.29. The molecule has 0 saturated carbocycles. The van der Waals surface area contributed by atoms with Crippen molar-refractivity contribution < 1.29 is 9.72 Å². The molecule has 2 rings (SSSR count). The van der Waals surface area contributed by atoms with Gasteiger partial charge in [0.1, 0.15) is 5.56 Å². The van der Waals surface area contributed by atoms with E-state index in [-0.39, 0.29) is 41.5 Å². The molecule has 2 unspecified atom stereocenters. The van der Waals surface area contributed by atoms with Crippen LogP contribution in [0.2, 0.25) is 0 Å². The maximum absolute atomic E-state index is 12.6. The lowest BCUT2D eigenvalue weighted by atomic mass is 10.1. The highest BCUT2D eigenvalue weighted by Gasteiger charge is 2.35. The van der Waals surface area contributed by atoms with Gasteiger partial charge in [0.25, 0.3) is 11.6 Å². The molecule has 0 bridgehead atoms. The minimum absolute atomic E-state index is 0.